The molecule has 0 saturated heterocycles. The fourth-order valence-electron chi connectivity index (χ4n) is 2.62. The Morgan fingerprint density at radius 1 is 1.27 bits per heavy atom. The molecular weight excluding hydrogens is 320 g/mol. The summed E-state index contributed by atoms with van der Waals surface area (Å²) in [6, 6.07) is 6.10. The lowest BCUT2D eigenvalue weighted by molar-refractivity contribution is 0.0960. The highest BCUT2D eigenvalue weighted by molar-refractivity contribution is 9.10. The summed E-state index contributed by atoms with van der Waals surface area (Å²) in [5.74, 6) is 1.43. The van der Waals surface area contributed by atoms with E-state index in [1.54, 1.807) is 0 Å². The van der Waals surface area contributed by atoms with Crippen molar-refractivity contribution in [1.29, 1.82) is 0 Å². The van der Waals surface area contributed by atoms with Crippen LogP contribution >= 0.6 is 31.9 Å². The normalized spacial score (nSPS) is 32.9. The maximum absolute atomic E-state index is 12.2. The summed E-state index contributed by atoms with van der Waals surface area (Å²) in [5, 5.41) is 0. The molecule has 4 rings (SSSR count). The van der Waals surface area contributed by atoms with Gasteiger partial charge in [0, 0.05) is 10.0 Å². The third-order valence-corrected chi connectivity index (χ3v) is 5.22. The summed E-state index contributed by atoms with van der Waals surface area (Å²) in [5.41, 5.74) is 2.16. The molecule has 15 heavy (non-hydrogen) atoms. The minimum atomic E-state index is 0.0318. The van der Waals surface area contributed by atoms with Crippen molar-refractivity contribution in [3.8, 4) is 0 Å². The van der Waals surface area contributed by atoms with E-state index in [1.807, 2.05) is 12.1 Å². The average Bonchev–Trinajstić information content (AvgIpc) is 2.30. The number of fused-ring (bicyclic) bond motifs is 1. The lowest BCUT2D eigenvalue weighted by Crippen LogP contribution is -2.29. The van der Waals surface area contributed by atoms with E-state index in [-0.39, 0.29) is 10.6 Å². The van der Waals surface area contributed by atoms with Gasteiger partial charge in [0.25, 0.3) is 0 Å². The zero-order valence-electron chi connectivity index (χ0n) is 8.04. The first-order valence-corrected chi connectivity index (χ1v) is 6.85. The summed E-state index contributed by atoms with van der Waals surface area (Å²) >= 11 is 6.97. The van der Waals surface area contributed by atoms with Crippen LogP contribution in [0.15, 0.2) is 22.7 Å². The molecule has 78 valence electrons. The molecule has 1 unspecified atom stereocenters. The summed E-state index contributed by atoms with van der Waals surface area (Å²) in [4.78, 5) is 12.2. The summed E-state index contributed by atoms with van der Waals surface area (Å²) < 4.78 is 0.994. The van der Waals surface area contributed by atoms with E-state index in [9.17, 15) is 4.79 Å². The van der Waals surface area contributed by atoms with E-state index < -0.39 is 0 Å². The van der Waals surface area contributed by atoms with E-state index in [0.717, 1.165) is 22.9 Å². The Bertz CT molecular complexity index is 435. The molecule has 0 heterocycles. The fourth-order valence-corrected chi connectivity index (χ4v) is 3.65. The summed E-state index contributed by atoms with van der Waals surface area (Å²) in [6.07, 6.45) is 2.33. The monoisotopic (exact) mass is 328 g/mol. The lowest BCUT2D eigenvalue weighted by atomic mass is 9.72. The van der Waals surface area contributed by atoms with Crippen molar-refractivity contribution in [3.05, 3.63) is 33.8 Å². The molecule has 0 spiro atoms. The van der Waals surface area contributed by atoms with Crippen LogP contribution in [0.1, 0.15) is 34.7 Å². The quantitative estimate of drug-likeness (QED) is 0.660. The van der Waals surface area contributed by atoms with Crippen LogP contribution in [0.2, 0.25) is 0 Å². The Morgan fingerprint density at radius 3 is 2.73 bits per heavy atom. The number of benzene rings is 1. The first kappa shape index (κ1) is 10.0. The zero-order valence-corrected chi connectivity index (χ0v) is 11.2. The van der Waals surface area contributed by atoms with E-state index in [4.69, 9.17) is 0 Å². The lowest BCUT2D eigenvalue weighted by Gasteiger charge is -2.34. The van der Waals surface area contributed by atoms with Crippen molar-refractivity contribution in [3.63, 3.8) is 0 Å². The molecule has 0 aromatic heterocycles. The summed E-state index contributed by atoms with van der Waals surface area (Å²) in [7, 11) is 0. The topological polar surface area (TPSA) is 17.1 Å². The predicted octanol–water partition coefficient (Wildman–Crippen LogP) is 3.90. The third-order valence-electron chi connectivity index (χ3n) is 3.56. The molecule has 0 N–H and O–H groups in total. The highest BCUT2D eigenvalue weighted by Crippen LogP contribution is 2.50. The first-order chi connectivity index (χ1) is 7.16. The number of rotatable bonds is 0. The van der Waals surface area contributed by atoms with Crippen LogP contribution in [0.4, 0.5) is 0 Å². The largest absolute Gasteiger partial charge is 0.293 e. The maximum Gasteiger partial charge on any atom is 0.177 e. The number of ketones is 1. The number of Topliss-reactive ketones (excluding diaryl/α,β-unsaturated/α-hetero) is 1. The van der Waals surface area contributed by atoms with Crippen LogP contribution in [0.5, 0.6) is 0 Å². The molecule has 3 heteroatoms. The molecule has 1 fully saturated rings. The van der Waals surface area contributed by atoms with Crippen molar-refractivity contribution in [1.82, 2.24) is 0 Å². The van der Waals surface area contributed by atoms with E-state index in [2.05, 4.69) is 37.9 Å². The zero-order chi connectivity index (χ0) is 10.6. The van der Waals surface area contributed by atoms with Gasteiger partial charge in [-0.1, -0.05) is 37.9 Å². The second-order valence-corrected chi connectivity index (χ2v) is 6.33. The van der Waals surface area contributed by atoms with Crippen LogP contribution in [-0.4, -0.2) is 10.6 Å². The van der Waals surface area contributed by atoms with E-state index in [1.165, 1.54) is 5.56 Å². The smallest absolute Gasteiger partial charge is 0.177 e. The fraction of sp³-hybridized carbons (Fsp3) is 0.417. The molecule has 0 aliphatic heterocycles. The third kappa shape index (κ3) is 1.43. The second-order valence-electron chi connectivity index (χ2n) is 4.43. The molecule has 1 nitrogen and oxygen atoms in total. The van der Waals surface area contributed by atoms with Gasteiger partial charge in [-0.05, 0) is 42.4 Å². The minimum Gasteiger partial charge on any atom is -0.293 e. The van der Waals surface area contributed by atoms with Crippen molar-refractivity contribution in [2.45, 2.75) is 23.6 Å². The van der Waals surface area contributed by atoms with Crippen LogP contribution in [0.25, 0.3) is 0 Å². The highest BCUT2D eigenvalue weighted by Gasteiger charge is 2.43. The van der Waals surface area contributed by atoms with Crippen LogP contribution < -0.4 is 0 Å². The summed E-state index contributed by atoms with van der Waals surface area (Å²) in [6.45, 7) is 0. The van der Waals surface area contributed by atoms with Crippen LogP contribution in [0, 0.1) is 5.92 Å². The molecule has 2 bridgehead atoms. The van der Waals surface area contributed by atoms with Gasteiger partial charge in [-0.25, -0.2) is 0 Å². The second kappa shape index (κ2) is 3.42. The molecular formula is C12H10Br2O. The van der Waals surface area contributed by atoms with Gasteiger partial charge in [0.15, 0.2) is 5.78 Å². The van der Waals surface area contributed by atoms with Crippen molar-refractivity contribution in [2.75, 3.05) is 0 Å². The molecule has 1 atom stereocenters. The van der Waals surface area contributed by atoms with Gasteiger partial charge in [0.2, 0.25) is 0 Å². The molecule has 1 aromatic rings. The van der Waals surface area contributed by atoms with Gasteiger partial charge in [-0.15, -0.1) is 0 Å². The molecule has 3 aliphatic carbocycles. The number of halogens is 2. The molecule has 1 aromatic carbocycles. The van der Waals surface area contributed by atoms with Crippen molar-refractivity contribution >= 4 is 37.6 Å². The number of hydrogen-bond donors (Lipinski definition) is 0. The maximum atomic E-state index is 12.2. The van der Waals surface area contributed by atoms with Crippen molar-refractivity contribution < 1.29 is 4.79 Å². The number of carbonyl (C=O) groups excluding carboxylic acids is 1. The standard InChI is InChI=1S/C12H10Br2O/c13-8-1-2-9-6-3-7(4-6)11(14)12(15)10(9)5-8/h1-2,5-7,11H,3-4H2. The van der Waals surface area contributed by atoms with Gasteiger partial charge < -0.3 is 0 Å². The van der Waals surface area contributed by atoms with Crippen LogP contribution in [-0.2, 0) is 0 Å². The number of hydrogen-bond acceptors (Lipinski definition) is 1. The van der Waals surface area contributed by atoms with Crippen LogP contribution in [0.3, 0.4) is 0 Å². The Morgan fingerprint density at radius 2 is 2.00 bits per heavy atom. The Labute approximate surface area is 106 Å². The first-order valence-electron chi connectivity index (χ1n) is 5.14. The van der Waals surface area contributed by atoms with E-state index in [0.29, 0.717) is 11.8 Å². The molecule has 0 radical (unpaired) electrons. The molecule has 1 saturated carbocycles. The van der Waals surface area contributed by atoms with Gasteiger partial charge >= 0.3 is 0 Å². The minimum absolute atomic E-state index is 0.0318. The van der Waals surface area contributed by atoms with E-state index >= 15 is 0 Å². The molecule has 3 aliphatic rings. The number of alkyl halides is 1. The Balaban J connectivity index is 2.18. The van der Waals surface area contributed by atoms with Gasteiger partial charge in [-0.2, -0.15) is 0 Å². The van der Waals surface area contributed by atoms with Gasteiger partial charge in [0.1, 0.15) is 0 Å². The Kier molecular flexibility index (Phi) is 2.29. The Hall–Kier alpha value is -0.150. The van der Waals surface area contributed by atoms with Gasteiger partial charge in [-0.3, -0.25) is 4.79 Å². The highest BCUT2D eigenvalue weighted by atomic mass is 79.9. The molecule has 0 amide bonds. The predicted molar refractivity (Wildman–Crippen MR) is 66.7 cm³/mol. The number of carbonyl (C=O) groups is 1. The SMILES string of the molecule is O=C1c2cc(Br)ccc2C2CC(C2)C1Br. The van der Waals surface area contributed by atoms with Gasteiger partial charge in [0.05, 0.1) is 4.83 Å². The van der Waals surface area contributed by atoms with Crippen molar-refractivity contribution in [2.24, 2.45) is 5.92 Å². The average molecular weight is 330 g/mol.